The second kappa shape index (κ2) is 7.92. The highest BCUT2D eigenvalue weighted by Crippen LogP contribution is 2.22. The Balaban J connectivity index is 1.85. The van der Waals surface area contributed by atoms with Crippen molar-refractivity contribution in [1.29, 1.82) is 0 Å². The quantitative estimate of drug-likeness (QED) is 0.403. The average molecular weight is 419 g/mol. The molecule has 0 fully saturated rings. The molecule has 2 aromatic heterocycles. The van der Waals surface area contributed by atoms with Crippen molar-refractivity contribution in [2.45, 2.75) is 13.5 Å². The van der Waals surface area contributed by atoms with E-state index >= 15 is 0 Å². The number of hydrogen-bond donors (Lipinski definition) is 1. The smallest absolute Gasteiger partial charge is 0.349 e. The number of allylic oxidation sites excluding steroid dienone is 1. The molecular weight excluding hydrogens is 402 g/mol. The molecule has 7 nitrogen and oxygen atoms in total. The monoisotopic (exact) mass is 419 g/mol. The number of fused-ring (bicyclic) bond motifs is 2. The van der Waals surface area contributed by atoms with Gasteiger partial charge in [0.2, 0.25) is 5.91 Å². The summed E-state index contributed by atoms with van der Waals surface area (Å²) in [7, 11) is 0. The number of hydrogen-bond acceptors (Lipinski definition) is 5. The molecule has 2 aromatic carbocycles. The summed E-state index contributed by atoms with van der Waals surface area (Å²) < 4.78 is 7.90. The molecule has 2 amide bonds. The van der Waals surface area contributed by atoms with E-state index in [-0.39, 0.29) is 11.5 Å². The number of amides is 2. The fourth-order valence-corrected chi connectivity index (χ4v) is 4.18. The predicted octanol–water partition coefficient (Wildman–Crippen LogP) is 3.69. The lowest BCUT2D eigenvalue weighted by Crippen LogP contribution is -2.19. The predicted molar refractivity (Wildman–Crippen MR) is 117 cm³/mol. The molecule has 0 unspecified atom stereocenters. The van der Waals surface area contributed by atoms with Crippen molar-refractivity contribution < 1.29 is 14.0 Å². The Hall–Kier alpha value is -3.78. The third kappa shape index (κ3) is 3.72. The highest BCUT2D eigenvalue weighted by atomic mass is 32.1. The first kappa shape index (κ1) is 19.5. The maximum atomic E-state index is 12.8. The Labute approximate surface area is 174 Å². The molecule has 0 saturated heterocycles. The number of anilines is 1. The van der Waals surface area contributed by atoms with Gasteiger partial charge in [0.15, 0.2) is 4.80 Å². The molecule has 0 atom stereocenters. The first-order chi connectivity index (χ1) is 14.5. The third-order valence-electron chi connectivity index (χ3n) is 4.38. The van der Waals surface area contributed by atoms with Crippen LogP contribution in [0.1, 0.15) is 17.3 Å². The molecule has 2 heterocycles. The Bertz CT molecular complexity index is 1440. The van der Waals surface area contributed by atoms with Gasteiger partial charge in [0.1, 0.15) is 11.1 Å². The number of aromatic nitrogens is 1. The van der Waals surface area contributed by atoms with Crippen LogP contribution in [-0.2, 0) is 11.3 Å². The van der Waals surface area contributed by atoms with Crippen molar-refractivity contribution in [3.8, 4) is 0 Å². The van der Waals surface area contributed by atoms with Crippen LogP contribution in [0.5, 0.6) is 0 Å². The zero-order valence-electron chi connectivity index (χ0n) is 16.0. The highest BCUT2D eigenvalue weighted by molar-refractivity contribution is 7.16. The van der Waals surface area contributed by atoms with E-state index < -0.39 is 11.5 Å². The van der Waals surface area contributed by atoms with Crippen molar-refractivity contribution >= 4 is 50.0 Å². The summed E-state index contributed by atoms with van der Waals surface area (Å²) in [5, 5.41) is 3.38. The van der Waals surface area contributed by atoms with Crippen LogP contribution in [0.2, 0.25) is 0 Å². The van der Waals surface area contributed by atoms with E-state index in [2.05, 4.69) is 16.9 Å². The fraction of sp³-hybridized carbons (Fsp3) is 0.0909. The Morgan fingerprint density at radius 2 is 2.03 bits per heavy atom. The molecule has 4 aromatic rings. The van der Waals surface area contributed by atoms with Crippen LogP contribution >= 0.6 is 11.3 Å². The largest absolute Gasteiger partial charge is 0.422 e. The lowest BCUT2D eigenvalue weighted by Gasteiger charge is -2.03. The number of carbonyl (C=O) groups is 2. The van der Waals surface area contributed by atoms with Crippen LogP contribution in [0.25, 0.3) is 21.2 Å². The normalized spacial score (nSPS) is 11.7. The number of benzene rings is 2. The van der Waals surface area contributed by atoms with E-state index in [0.29, 0.717) is 28.0 Å². The topological polar surface area (TPSA) is 93.7 Å². The van der Waals surface area contributed by atoms with Crippen molar-refractivity contribution in [2.24, 2.45) is 4.99 Å². The van der Waals surface area contributed by atoms with Crippen LogP contribution < -0.4 is 15.7 Å². The molecule has 1 N–H and O–H groups in total. The summed E-state index contributed by atoms with van der Waals surface area (Å²) >= 11 is 1.28. The SMILES string of the molecule is C=CCn1c(=NC(=O)c2cc3ccccc3oc2=O)sc2cc(NC(C)=O)ccc21. The van der Waals surface area contributed by atoms with Crippen molar-refractivity contribution in [3.05, 3.63) is 82.0 Å². The van der Waals surface area contributed by atoms with Gasteiger partial charge in [-0.05, 0) is 30.3 Å². The van der Waals surface area contributed by atoms with Crippen LogP contribution in [0.15, 0.2) is 75.4 Å². The van der Waals surface area contributed by atoms with Gasteiger partial charge in [-0.15, -0.1) is 6.58 Å². The van der Waals surface area contributed by atoms with E-state index in [4.69, 9.17) is 4.42 Å². The molecule has 8 heteroatoms. The summed E-state index contributed by atoms with van der Waals surface area (Å²) in [5.74, 6) is -0.853. The van der Waals surface area contributed by atoms with E-state index in [9.17, 15) is 14.4 Å². The summed E-state index contributed by atoms with van der Waals surface area (Å²) in [5.41, 5.74) is 1.04. The van der Waals surface area contributed by atoms with Gasteiger partial charge in [0.05, 0.1) is 10.2 Å². The minimum absolute atomic E-state index is 0.129. The van der Waals surface area contributed by atoms with Crippen LogP contribution in [0, 0.1) is 0 Å². The molecule has 0 radical (unpaired) electrons. The maximum absolute atomic E-state index is 12.8. The van der Waals surface area contributed by atoms with Gasteiger partial charge >= 0.3 is 5.63 Å². The molecule has 0 aliphatic rings. The molecule has 30 heavy (non-hydrogen) atoms. The van der Waals surface area contributed by atoms with Crippen LogP contribution in [0.4, 0.5) is 5.69 Å². The molecule has 0 spiro atoms. The first-order valence-electron chi connectivity index (χ1n) is 9.10. The second-order valence-corrected chi connectivity index (χ2v) is 7.56. The zero-order valence-corrected chi connectivity index (χ0v) is 16.9. The molecule has 0 saturated carbocycles. The molecular formula is C22H17N3O4S. The molecule has 0 bridgehead atoms. The van der Waals surface area contributed by atoms with Gasteiger partial charge in [0.25, 0.3) is 5.91 Å². The van der Waals surface area contributed by atoms with Gasteiger partial charge in [-0.2, -0.15) is 4.99 Å². The second-order valence-electron chi connectivity index (χ2n) is 6.55. The van der Waals surface area contributed by atoms with Gasteiger partial charge in [-0.3, -0.25) is 9.59 Å². The number of para-hydroxylation sites is 1. The molecule has 150 valence electrons. The third-order valence-corrected chi connectivity index (χ3v) is 5.42. The Kier molecular flexibility index (Phi) is 5.16. The van der Waals surface area contributed by atoms with E-state index in [1.54, 1.807) is 36.4 Å². The number of rotatable bonds is 4. The minimum atomic E-state index is -0.730. The van der Waals surface area contributed by atoms with E-state index in [1.165, 1.54) is 24.3 Å². The highest BCUT2D eigenvalue weighted by Gasteiger charge is 2.15. The number of carbonyl (C=O) groups excluding carboxylic acids is 2. The standard InChI is InChI=1S/C22H17N3O4S/c1-3-10-25-17-9-8-15(23-13(2)26)12-19(17)30-22(25)24-20(27)16-11-14-6-4-5-7-18(14)29-21(16)28/h3-9,11-12H,1,10H2,2H3,(H,23,26). The molecule has 4 rings (SSSR count). The van der Waals surface area contributed by atoms with Crippen molar-refractivity contribution in [3.63, 3.8) is 0 Å². The summed E-state index contributed by atoms with van der Waals surface area (Å²) in [6, 6.07) is 13.9. The van der Waals surface area contributed by atoms with Gasteiger partial charge in [0, 0.05) is 24.5 Å². The Morgan fingerprint density at radius 1 is 1.23 bits per heavy atom. The maximum Gasteiger partial charge on any atom is 0.349 e. The fourth-order valence-electron chi connectivity index (χ4n) is 3.10. The summed E-state index contributed by atoms with van der Waals surface area (Å²) in [4.78, 5) is 41.0. The Morgan fingerprint density at radius 3 is 2.80 bits per heavy atom. The zero-order chi connectivity index (χ0) is 21.3. The summed E-state index contributed by atoms with van der Waals surface area (Å²) in [6.45, 7) is 5.63. The first-order valence-corrected chi connectivity index (χ1v) is 9.92. The summed E-state index contributed by atoms with van der Waals surface area (Å²) in [6.07, 6.45) is 1.70. The van der Waals surface area contributed by atoms with E-state index in [0.717, 1.165) is 10.2 Å². The lowest BCUT2D eigenvalue weighted by atomic mass is 10.2. The van der Waals surface area contributed by atoms with Crippen LogP contribution in [-0.4, -0.2) is 16.4 Å². The number of thiazole rings is 1. The van der Waals surface area contributed by atoms with Crippen molar-refractivity contribution in [1.82, 2.24) is 4.57 Å². The van der Waals surface area contributed by atoms with Crippen LogP contribution in [0.3, 0.4) is 0 Å². The average Bonchev–Trinajstić information content (AvgIpc) is 3.03. The van der Waals surface area contributed by atoms with E-state index in [1.807, 2.05) is 16.7 Å². The molecule has 0 aliphatic carbocycles. The van der Waals surface area contributed by atoms with Gasteiger partial charge in [-0.1, -0.05) is 35.6 Å². The minimum Gasteiger partial charge on any atom is -0.422 e. The van der Waals surface area contributed by atoms with Crippen molar-refractivity contribution in [2.75, 3.05) is 5.32 Å². The number of nitrogens with zero attached hydrogens (tertiary/aromatic N) is 2. The number of nitrogens with one attached hydrogen (secondary N) is 1. The van der Waals surface area contributed by atoms with Gasteiger partial charge in [-0.25, -0.2) is 4.79 Å². The lowest BCUT2D eigenvalue weighted by molar-refractivity contribution is -0.114. The molecule has 0 aliphatic heterocycles. The van der Waals surface area contributed by atoms with Gasteiger partial charge < -0.3 is 14.3 Å².